The number of methoxy groups -OCH3 is 1. The van der Waals surface area contributed by atoms with E-state index in [0.717, 1.165) is 0 Å². The first-order valence-electron chi connectivity index (χ1n) is 9.13. The molecule has 9 heteroatoms. The van der Waals surface area contributed by atoms with Gasteiger partial charge in [0, 0.05) is 12.2 Å². The number of Topliss-reactive ketones (excluding diaryl/α,β-unsaturated/α-hetero) is 1. The largest absolute Gasteiger partial charge is 0.496 e. The lowest BCUT2D eigenvalue weighted by atomic mass is 10.0. The fraction of sp³-hybridized carbons (Fsp3) is 0.526. The van der Waals surface area contributed by atoms with E-state index in [4.69, 9.17) is 16.2 Å². The number of ether oxygens (including phenoxy) is 1. The first-order valence-corrected chi connectivity index (χ1v) is 9.13. The third-order valence-electron chi connectivity index (χ3n) is 4.41. The molecule has 0 heterocycles. The Labute approximate surface area is 166 Å². The maximum atomic E-state index is 12.7. The van der Waals surface area contributed by atoms with Crippen LogP contribution in [0.15, 0.2) is 23.2 Å². The van der Waals surface area contributed by atoms with Gasteiger partial charge in [0.1, 0.15) is 5.75 Å². The first kappa shape index (κ1) is 23.4. The molecule has 156 valence electrons. The molecule has 1 aromatic rings. The Balaban J connectivity index is 2.93. The van der Waals surface area contributed by atoms with Gasteiger partial charge in [-0.3, -0.25) is 19.5 Å². The summed E-state index contributed by atoms with van der Waals surface area (Å²) in [6.45, 7) is 2.23. The van der Waals surface area contributed by atoms with Crippen LogP contribution in [0.2, 0.25) is 0 Å². The smallest absolute Gasteiger partial charge is 0.241 e. The van der Waals surface area contributed by atoms with Crippen molar-refractivity contribution >= 4 is 23.3 Å². The van der Waals surface area contributed by atoms with Crippen LogP contribution in [0.4, 0.5) is 5.69 Å². The SMILES string of the molecule is CNC(C)C(=O)c1cc(NC(=O)[C@@H](CCCN=C(N)N)N(C)C)ccc1OC. The van der Waals surface area contributed by atoms with Gasteiger partial charge in [0.15, 0.2) is 11.7 Å². The van der Waals surface area contributed by atoms with Crippen molar-refractivity contribution in [1.82, 2.24) is 10.2 Å². The maximum absolute atomic E-state index is 12.7. The van der Waals surface area contributed by atoms with E-state index in [9.17, 15) is 9.59 Å². The second kappa shape index (κ2) is 11.3. The van der Waals surface area contributed by atoms with Gasteiger partial charge >= 0.3 is 0 Å². The van der Waals surface area contributed by atoms with Gasteiger partial charge in [-0.15, -0.1) is 0 Å². The quantitative estimate of drug-likeness (QED) is 0.185. The Bertz CT molecular complexity index is 701. The minimum atomic E-state index is -0.370. The number of aliphatic imine (C=N–C) groups is 1. The lowest BCUT2D eigenvalue weighted by molar-refractivity contribution is -0.120. The van der Waals surface area contributed by atoms with Gasteiger partial charge in [-0.25, -0.2) is 0 Å². The number of hydrogen-bond acceptors (Lipinski definition) is 6. The van der Waals surface area contributed by atoms with Crippen LogP contribution in [0, 0.1) is 0 Å². The molecule has 0 fully saturated rings. The normalized spacial score (nSPS) is 12.9. The third-order valence-corrected chi connectivity index (χ3v) is 4.41. The van der Waals surface area contributed by atoms with Crippen LogP contribution in [0.3, 0.4) is 0 Å². The number of nitrogens with two attached hydrogens (primary N) is 2. The van der Waals surface area contributed by atoms with Crippen LogP contribution >= 0.6 is 0 Å². The van der Waals surface area contributed by atoms with Crippen molar-refractivity contribution in [1.29, 1.82) is 0 Å². The summed E-state index contributed by atoms with van der Waals surface area (Å²) in [6, 6.07) is 4.30. The highest BCUT2D eigenvalue weighted by atomic mass is 16.5. The maximum Gasteiger partial charge on any atom is 0.241 e. The number of rotatable bonds is 11. The van der Waals surface area contributed by atoms with Crippen molar-refractivity contribution in [3.05, 3.63) is 23.8 Å². The molecule has 1 amide bonds. The number of ketones is 1. The van der Waals surface area contributed by atoms with Gasteiger partial charge in [-0.05, 0) is 59.1 Å². The summed E-state index contributed by atoms with van der Waals surface area (Å²) in [5.74, 6) is 0.223. The zero-order chi connectivity index (χ0) is 21.3. The predicted molar refractivity (Wildman–Crippen MR) is 112 cm³/mol. The van der Waals surface area contributed by atoms with E-state index in [1.807, 2.05) is 19.0 Å². The van der Waals surface area contributed by atoms with Crippen molar-refractivity contribution in [2.45, 2.75) is 31.8 Å². The van der Waals surface area contributed by atoms with Crippen LogP contribution in [0.25, 0.3) is 0 Å². The van der Waals surface area contributed by atoms with E-state index in [0.29, 0.717) is 36.4 Å². The highest BCUT2D eigenvalue weighted by Gasteiger charge is 2.22. The second-order valence-electron chi connectivity index (χ2n) is 6.71. The van der Waals surface area contributed by atoms with E-state index >= 15 is 0 Å². The van der Waals surface area contributed by atoms with Crippen molar-refractivity contribution < 1.29 is 14.3 Å². The molecule has 28 heavy (non-hydrogen) atoms. The summed E-state index contributed by atoms with van der Waals surface area (Å²) in [7, 11) is 6.89. The molecule has 0 aromatic heterocycles. The van der Waals surface area contributed by atoms with Gasteiger partial charge in [-0.2, -0.15) is 0 Å². The molecule has 0 spiro atoms. The number of nitrogens with zero attached hydrogens (tertiary/aromatic N) is 2. The van der Waals surface area contributed by atoms with Crippen LogP contribution < -0.4 is 26.8 Å². The predicted octanol–water partition coefficient (Wildman–Crippen LogP) is 0.408. The Morgan fingerprint density at radius 2 is 1.96 bits per heavy atom. The van der Waals surface area contributed by atoms with Crippen LogP contribution in [-0.4, -0.2) is 69.4 Å². The highest BCUT2D eigenvalue weighted by Crippen LogP contribution is 2.24. The molecule has 2 atom stereocenters. The minimum absolute atomic E-state index is 0.0390. The summed E-state index contributed by atoms with van der Waals surface area (Å²) in [5.41, 5.74) is 11.6. The molecule has 1 rings (SSSR count). The minimum Gasteiger partial charge on any atom is -0.496 e. The lowest BCUT2D eigenvalue weighted by Crippen LogP contribution is -2.40. The van der Waals surface area contributed by atoms with Gasteiger partial charge in [-0.1, -0.05) is 0 Å². The molecule has 9 nitrogen and oxygen atoms in total. The van der Waals surface area contributed by atoms with Gasteiger partial charge in [0.05, 0.1) is 24.8 Å². The average Bonchev–Trinajstić information content (AvgIpc) is 2.65. The Morgan fingerprint density at radius 1 is 1.29 bits per heavy atom. The molecule has 0 aliphatic rings. The first-order chi connectivity index (χ1) is 13.2. The fourth-order valence-electron chi connectivity index (χ4n) is 2.68. The summed E-state index contributed by atoms with van der Waals surface area (Å²) in [4.78, 5) is 31.1. The third kappa shape index (κ3) is 6.82. The number of hydrogen-bond donors (Lipinski definition) is 4. The topological polar surface area (TPSA) is 135 Å². The van der Waals surface area contributed by atoms with Crippen LogP contribution in [0.1, 0.15) is 30.1 Å². The van der Waals surface area contributed by atoms with Gasteiger partial charge in [0.25, 0.3) is 0 Å². The lowest BCUT2D eigenvalue weighted by Gasteiger charge is -2.23. The molecular formula is C19H32N6O3. The van der Waals surface area contributed by atoms with E-state index < -0.39 is 0 Å². The molecular weight excluding hydrogens is 360 g/mol. The number of nitrogens with one attached hydrogen (secondary N) is 2. The molecule has 6 N–H and O–H groups in total. The van der Waals surface area contributed by atoms with E-state index in [1.54, 1.807) is 32.2 Å². The number of anilines is 1. The van der Waals surface area contributed by atoms with E-state index in [2.05, 4.69) is 15.6 Å². The highest BCUT2D eigenvalue weighted by molar-refractivity contribution is 6.04. The molecule has 0 aliphatic heterocycles. The van der Waals surface area contributed by atoms with E-state index in [-0.39, 0.29) is 29.7 Å². The van der Waals surface area contributed by atoms with Crippen molar-refractivity contribution in [2.24, 2.45) is 16.5 Å². The molecule has 0 aliphatic carbocycles. The fourth-order valence-corrected chi connectivity index (χ4v) is 2.68. The van der Waals surface area contributed by atoms with Crippen LogP contribution in [-0.2, 0) is 4.79 Å². The number of amides is 1. The standard InChI is InChI=1S/C19H32N6O3/c1-12(22-2)17(26)14-11-13(8-9-16(14)28-5)24-18(27)15(25(3)4)7-6-10-23-19(20)21/h8-9,11-12,15,22H,6-7,10H2,1-5H3,(H,24,27)(H4,20,21,23)/t12?,15-/m1/s1. The van der Waals surface area contributed by atoms with Gasteiger partial charge in [0.2, 0.25) is 5.91 Å². The molecule has 1 unspecified atom stereocenters. The summed E-state index contributed by atoms with van der Waals surface area (Å²) < 4.78 is 5.29. The average molecular weight is 393 g/mol. The Kier molecular flexibility index (Phi) is 9.40. The number of benzene rings is 1. The molecule has 1 aromatic carbocycles. The van der Waals surface area contributed by atoms with Gasteiger partial charge < -0.3 is 26.8 Å². The number of carbonyl (C=O) groups is 2. The summed E-state index contributed by atoms with van der Waals surface area (Å²) in [5, 5.41) is 5.80. The molecule has 0 radical (unpaired) electrons. The van der Waals surface area contributed by atoms with Crippen molar-refractivity contribution in [3.63, 3.8) is 0 Å². The Morgan fingerprint density at radius 3 is 2.50 bits per heavy atom. The van der Waals surface area contributed by atoms with Crippen LogP contribution in [0.5, 0.6) is 5.75 Å². The summed E-state index contributed by atoms with van der Waals surface area (Å²) in [6.07, 6.45) is 1.26. The zero-order valence-corrected chi connectivity index (χ0v) is 17.3. The van der Waals surface area contributed by atoms with Crippen molar-refractivity contribution in [3.8, 4) is 5.75 Å². The van der Waals surface area contributed by atoms with Crippen molar-refractivity contribution in [2.75, 3.05) is 40.1 Å². The van der Waals surface area contributed by atoms with E-state index in [1.165, 1.54) is 7.11 Å². The summed E-state index contributed by atoms with van der Waals surface area (Å²) >= 11 is 0. The number of likely N-dealkylation sites (N-methyl/N-ethyl adjacent to an activating group) is 2. The monoisotopic (exact) mass is 392 g/mol. The molecule has 0 saturated heterocycles. The Hall–Kier alpha value is -2.65. The number of carbonyl (C=O) groups excluding carboxylic acids is 2. The second-order valence-corrected chi connectivity index (χ2v) is 6.71. The zero-order valence-electron chi connectivity index (χ0n) is 17.3. The molecule has 0 saturated carbocycles. The molecule has 0 bridgehead atoms. The number of guanidine groups is 1.